The van der Waals surface area contributed by atoms with Crippen LogP contribution in [0.5, 0.6) is 0 Å². The molecule has 6 heteroatoms. The Morgan fingerprint density at radius 2 is 2.62 bits per heavy atom. The molecule has 1 aliphatic heterocycles. The normalized spacial score (nSPS) is 21.9. The summed E-state index contributed by atoms with van der Waals surface area (Å²) in [6.45, 7) is 0.772. The summed E-state index contributed by atoms with van der Waals surface area (Å²) in [5, 5.41) is 7.52. The van der Waals surface area contributed by atoms with E-state index in [0.717, 1.165) is 18.1 Å². The zero-order chi connectivity index (χ0) is 9.26. The minimum absolute atomic E-state index is 0.00269. The molecule has 1 amide bonds. The van der Waals surface area contributed by atoms with Gasteiger partial charge in [-0.3, -0.25) is 4.79 Å². The van der Waals surface area contributed by atoms with Crippen LogP contribution < -0.4 is 5.32 Å². The number of rotatable bonds is 2. The molecule has 0 saturated carbocycles. The van der Waals surface area contributed by atoms with Gasteiger partial charge in [0.15, 0.2) is 5.16 Å². The Balaban J connectivity index is 2.06. The molecule has 2 rings (SSSR count). The summed E-state index contributed by atoms with van der Waals surface area (Å²) in [6.07, 6.45) is 2.37. The van der Waals surface area contributed by atoms with E-state index in [9.17, 15) is 4.79 Å². The first kappa shape index (κ1) is 8.55. The Morgan fingerprint density at radius 3 is 3.15 bits per heavy atom. The summed E-state index contributed by atoms with van der Waals surface area (Å²) in [5.74, 6) is 0.105. The van der Waals surface area contributed by atoms with Crippen molar-refractivity contribution in [1.29, 1.82) is 0 Å². The Labute approximate surface area is 79.9 Å². The molecule has 0 spiro atoms. The number of thioether (sulfide) groups is 1. The summed E-state index contributed by atoms with van der Waals surface area (Å²) in [6, 6.07) is 0. The van der Waals surface area contributed by atoms with Crippen LogP contribution in [-0.4, -0.2) is 32.5 Å². The molecular weight excluding hydrogens is 188 g/mol. The third-order valence-electron chi connectivity index (χ3n) is 1.92. The number of nitrogens with zero attached hydrogens (tertiary/aromatic N) is 3. The van der Waals surface area contributed by atoms with Crippen molar-refractivity contribution in [3.05, 3.63) is 6.33 Å². The van der Waals surface area contributed by atoms with Crippen LogP contribution >= 0.6 is 11.8 Å². The standard InChI is InChI=1S/C7H10N4OS/c1-11-7(9-4-10-11)13-5-2-3-8-6(5)12/h4-5H,2-3H2,1H3,(H,8,12). The van der Waals surface area contributed by atoms with E-state index in [2.05, 4.69) is 15.4 Å². The zero-order valence-corrected chi connectivity index (χ0v) is 8.04. The quantitative estimate of drug-likeness (QED) is 0.714. The lowest BCUT2D eigenvalue weighted by Gasteiger charge is -2.04. The number of aryl methyl sites for hydroxylation is 1. The Kier molecular flexibility index (Phi) is 2.22. The molecule has 2 heterocycles. The van der Waals surface area contributed by atoms with Gasteiger partial charge >= 0.3 is 0 Å². The molecule has 0 aliphatic carbocycles. The topological polar surface area (TPSA) is 59.8 Å². The van der Waals surface area contributed by atoms with Gasteiger partial charge < -0.3 is 5.32 Å². The number of carbonyl (C=O) groups is 1. The van der Waals surface area contributed by atoms with Crippen LogP contribution in [0.2, 0.25) is 0 Å². The molecule has 1 aromatic heterocycles. The highest BCUT2D eigenvalue weighted by atomic mass is 32.2. The fourth-order valence-electron chi connectivity index (χ4n) is 1.20. The van der Waals surface area contributed by atoms with Crippen molar-refractivity contribution in [2.45, 2.75) is 16.8 Å². The molecule has 1 atom stereocenters. The van der Waals surface area contributed by atoms with E-state index in [4.69, 9.17) is 0 Å². The SMILES string of the molecule is Cn1ncnc1SC1CCNC1=O. The average Bonchev–Trinajstić information content (AvgIpc) is 2.65. The number of aromatic nitrogens is 3. The van der Waals surface area contributed by atoms with Crippen LogP contribution in [0.15, 0.2) is 11.5 Å². The van der Waals surface area contributed by atoms with E-state index in [-0.39, 0.29) is 11.2 Å². The highest BCUT2D eigenvalue weighted by Gasteiger charge is 2.26. The highest BCUT2D eigenvalue weighted by Crippen LogP contribution is 2.24. The van der Waals surface area contributed by atoms with Gasteiger partial charge in [0.2, 0.25) is 5.91 Å². The van der Waals surface area contributed by atoms with Crippen LogP contribution in [0.4, 0.5) is 0 Å². The summed E-state index contributed by atoms with van der Waals surface area (Å²) in [7, 11) is 1.82. The maximum Gasteiger partial charge on any atom is 0.233 e. The fraction of sp³-hybridized carbons (Fsp3) is 0.571. The molecular formula is C7H10N4OS. The minimum Gasteiger partial charge on any atom is -0.355 e. The number of carbonyl (C=O) groups excluding carboxylic acids is 1. The van der Waals surface area contributed by atoms with Crippen LogP contribution in [0.3, 0.4) is 0 Å². The van der Waals surface area contributed by atoms with E-state index in [0.29, 0.717) is 0 Å². The van der Waals surface area contributed by atoms with Gasteiger partial charge in [-0.25, -0.2) is 9.67 Å². The lowest BCUT2D eigenvalue weighted by molar-refractivity contribution is -0.118. The minimum atomic E-state index is 0.00269. The molecule has 70 valence electrons. The number of amides is 1. The van der Waals surface area contributed by atoms with Gasteiger partial charge in [0.05, 0.1) is 5.25 Å². The molecule has 1 unspecified atom stereocenters. The first-order valence-electron chi connectivity index (χ1n) is 4.06. The molecule has 1 fully saturated rings. The second-order valence-electron chi connectivity index (χ2n) is 2.85. The number of hydrogen-bond donors (Lipinski definition) is 1. The van der Waals surface area contributed by atoms with Gasteiger partial charge in [-0.15, -0.1) is 0 Å². The van der Waals surface area contributed by atoms with E-state index < -0.39 is 0 Å². The smallest absolute Gasteiger partial charge is 0.233 e. The molecule has 13 heavy (non-hydrogen) atoms. The molecule has 1 aromatic rings. The van der Waals surface area contributed by atoms with Crippen molar-refractivity contribution in [2.75, 3.05) is 6.54 Å². The first-order valence-corrected chi connectivity index (χ1v) is 4.93. The van der Waals surface area contributed by atoms with Crippen molar-refractivity contribution in [2.24, 2.45) is 7.05 Å². The van der Waals surface area contributed by atoms with Gasteiger partial charge in [0, 0.05) is 13.6 Å². The molecule has 0 aromatic carbocycles. The van der Waals surface area contributed by atoms with Crippen LogP contribution in [0.1, 0.15) is 6.42 Å². The van der Waals surface area contributed by atoms with Gasteiger partial charge in [-0.05, 0) is 6.42 Å². The van der Waals surface area contributed by atoms with Crippen LogP contribution in [-0.2, 0) is 11.8 Å². The number of hydrogen-bond acceptors (Lipinski definition) is 4. The molecule has 1 N–H and O–H groups in total. The van der Waals surface area contributed by atoms with Gasteiger partial charge in [-0.2, -0.15) is 5.10 Å². The predicted molar refractivity (Wildman–Crippen MR) is 48.3 cm³/mol. The molecule has 1 saturated heterocycles. The molecule has 0 radical (unpaired) electrons. The van der Waals surface area contributed by atoms with E-state index in [1.165, 1.54) is 18.1 Å². The molecule has 0 bridgehead atoms. The summed E-state index contributed by atoms with van der Waals surface area (Å²) >= 11 is 1.47. The van der Waals surface area contributed by atoms with Gasteiger partial charge in [0.1, 0.15) is 6.33 Å². The van der Waals surface area contributed by atoms with Crippen molar-refractivity contribution in [3.8, 4) is 0 Å². The monoisotopic (exact) mass is 198 g/mol. The molecule has 1 aliphatic rings. The van der Waals surface area contributed by atoms with Crippen LogP contribution in [0.25, 0.3) is 0 Å². The Morgan fingerprint density at radius 1 is 1.77 bits per heavy atom. The zero-order valence-electron chi connectivity index (χ0n) is 7.23. The van der Waals surface area contributed by atoms with Gasteiger partial charge in [-0.1, -0.05) is 11.8 Å². The lowest BCUT2D eigenvalue weighted by atomic mass is 10.4. The Hall–Kier alpha value is -1.04. The predicted octanol–water partition coefficient (Wildman–Crippen LogP) is -0.204. The maximum atomic E-state index is 11.2. The third-order valence-corrected chi connectivity index (χ3v) is 3.23. The van der Waals surface area contributed by atoms with Gasteiger partial charge in [0.25, 0.3) is 0 Å². The largest absolute Gasteiger partial charge is 0.355 e. The van der Waals surface area contributed by atoms with E-state index in [1.54, 1.807) is 4.68 Å². The van der Waals surface area contributed by atoms with E-state index in [1.807, 2.05) is 7.05 Å². The second kappa shape index (κ2) is 3.37. The number of nitrogens with one attached hydrogen (secondary N) is 1. The summed E-state index contributed by atoms with van der Waals surface area (Å²) in [5.41, 5.74) is 0. The maximum absolute atomic E-state index is 11.2. The lowest BCUT2D eigenvalue weighted by Crippen LogP contribution is -2.20. The summed E-state index contributed by atoms with van der Waals surface area (Å²) < 4.78 is 1.68. The molecule has 5 nitrogen and oxygen atoms in total. The third kappa shape index (κ3) is 1.67. The van der Waals surface area contributed by atoms with E-state index >= 15 is 0 Å². The Bertz CT molecular complexity index is 324. The highest BCUT2D eigenvalue weighted by molar-refractivity contribution is 8.00. The van der Waals surface area contributed by atoms with Crippen molar-refractivity contribution >= 4 is 17.7 Å². The second-order valence-corrected chi connectivity index (χ2v) is 4.02. The fourth-order valence-corrected chi connectivity index (χ4v) is 2.19. The summed E-state index contributed by atoms with van der Waals surface area (Å²) in [4.78, 5) is 15.3. The average molecular weight is 198 g/mol. The van der Waals surface area contributed by atoms with Crippen molar-refractivity contribution < 1.29 is 4.79 Å². The first-order chi connectivity index (χ1) is 6.27. The van der Waals surface area contributed by atoms with Crippen molar-refractivity contribution in [1.82, 2.24) is 20.1 Å². The van der Waals surface area contributed by atoms with Crippen LogP contribution in [0, 0.1) is 0 Å². The van der Waals surface area contributed by atoms with Crippen molar-refractivity contribution in [3.63, 3.8) is 0 Å².